The molecule has 2 fully saturated rings. The Morgan fingerprint density at radius 3 is 1.31 bits per heavy atom. The Kier molecular flexibility index (Phi) is 39.9. The molecule has 2 saturated heterocycles. The van der Waals surface area contributed by atoms with Gasteiger partial charge in [0, 0.05) is 6.42 Å². The molecule has 0 aromatic carbocycles. The van der Waals surface area contributed by atoms with Gasteiger partial charge in [0.2, 0.25) is 5.91 Å². The van der Waals surface area contributed by atoms with Crippen molar-refractivity contribution < 1.29 is 64.6 Å². The van der Waals surface area contributed by atoms with Gasteiger partial charge < -0.3 is 65.1 Å². The fourth-order valence-corrected chi connectivity index (χ4v) is 9.76. The number of aliphatic hydroxyl groups is 8. The molecule has 9 N–H and O–H groups in total. The van der Waals surface area contributed by atoms with E-state index in [9.17, 15) is 45.6 Å². The van der Waals surface area contributed by atoms with Crippen molar-refractivity contribution in [2.24, 2.45) is 0 Å². The van der Waals surface area contributed by atoms with E-state index in [-0.39, 0.29) is 18.9 Å². The van der Waals surface area contributed by atoms with Crippen LogP contribution in [0.1, 0.15) is 245 Å². The first kappa shape index (κ1) is 64.8. The van der Waals surface area contributed by atoms with Gasteiger partial charge in [0.25, 0.3) is 0 Å². The predicted molar refractivity (Wildman–Crippen MR) is 277 cm³/mol. The molecule has 0 spiro atoms. The summed E-state index contributed by atoms with van der Waals surface area (Å²) >= 11 is 0. The van der Waals surface area contributed by atoms with Crippen molar-refractivity contribution in [2.75, 3.05) is 19.8 Å². The van der Waals surface area contributed by atoms with Crippen LogP contribution in [0.5, 0.6) is 0 Å². The summed E-state index contributed by atoms with van der Waals surface area (Å²) in [5, 5.41) is 86.9. The summed E-state index contributed by atoms with van der Waals surface area (Å²) in [6.07, 6.45) is 31.2. The van der Waals surface area contributed by atoms with Crippen LogP contribution < -0.4 is 5.32 Å². The third kappa shape index (κ3) is 29.0. The number of hydrogen-bond acceptors (Lipinski definition) is 13. The van der Waals surface area contributed by atoms with E-state index in [0.717, 1.165) is 38.5 Å². The molecule has 14 heteroatoms. The highest BCUT2D eigenvalue weighted by molar-refractivity contribution is 5.76. The summed E-state index contributed by atoms with van der Waals surface area (Å²) in [5.41, 5.74) is 0. The van der Waals surface area contributed by atoms with Gasteiger partial charge in [-0.05, 0) is 19.3 Å². The van der Waals surface area contributed by atoms with Crippen LogP contribution >= 0.6 is 0 Å². The smallest absolute Gasteiger partial charge is 0.220 e. The molecule has 0 aliphatic carbocycles. The second kappa shape index (κ2) is 43.0. The normalized spacial score (nSPS) is 26.0. The summed E-state index contributed by atoms with van der Waals surface area (Å²) < 4.78 is 22.7. The summed E-state index contributed by atoms with van der Waals surface area (Å²) in [7, 11) is 0. The van der Waals surface area contributed by atoms with Crippen molar-refractivity contribution in [2.45, 2.75) is 319 Å². The Balaban J connectivity index is 1.75. The maximum atomic E-state index is 13.2. The predicted octanol–water partition coefficient (Wildman–Crippen LogP) is 9.11. The van der Waals surface area contributed by atoms with Crippen LogP contribution in [0.2, 0.25) is 0 Å². The minimum Gasteiger partial charge on any atom is -0.394 e. The topological polar surface area (TPSA) is 228 Å². The molecule has 1 amide bonds. The number of unbranched alkanes of at least 4 members (excludes halogenated alkanes) is 33. The Morgan fingerprint density at radius 1 is 0.500 bits per heavy atom. The lowest BCUT2D eigenvalue weighted by atomic mass is 9.97. The van der Waals surface area contributed by atoms with Crippen LogP contribution in [0.3, 0.4) is 0 Å². The van der Waals surface area contributed by atoms with E-state index < -0.39 is 86.8 Å². The zero-order chi connectivity index (χ0) is 51.0. The van der Waals surface area contributed by atoms with Gasteiger partial charge in [-0.3, -0.25) is 4.79 Å². The molecular weight excluding hydrogens is 895 g/mol. The second-order valence-corrected chi connectivity index (χ2v) is 20.8. The zero-order valence-corrected chi connectivity index (χ0v) is 44.3. The molecule has 414 valence electrons. The Bertz CT molecular complexity index is 1230. The van der Waals surface area contributed by atoms with E-state index in [4.69, 9.17) is 18.9 Å². The van der Waals surface area contributed by atoms with E-state index in [1.807, 2.05) is 6.08 Å². The molecule has 2 rings (SSSR count). The molecule has 2 heterocycles. The lowest BCUT2D eigenvalue weighted by Gasteiger charge is -2.46. The third-order valence-corrected chi connectivity index (χ3v) is 14.5. The highest BCUT2D eigenvalue weighted by Gasteiger charge is 2.51. The Labute approximate surface area is 425 Å². The maximum absolute atomic E-state index is 13.2. The van der Waals surface area contributed by atoms with Crippen molar-refractivity contribution in [3.63, 3.8) is 0 Å². The molecule has 70 heavy (non-hydrogen) atoms. The first-order valence-corrected chi connectivity index (χ1v) is 28.9. The summed E-state index contributed by atoms with van der Waals surface area (Å²) in [4.78, 5) is 13.2. The van der Waals surface area contributed by atoms with Gasteiger partial charge in [0.1, 0.15) is 48.8 Å². The van der Waals surface area contributed by atoms with Gasteiger partial charge in [-0.15, -0.1) is 0 Å². The molecule has 12 unspecified atom stereocenters. The monoisotopic (exact) mass is 1000 g/mol. The van der Waals surface area contributed by atoms with Crippen LogP contribution in [0, 0.1) is 0 Å². The molecule has 0 aromatic rings. The molecule has 2 aliphatic heterocycles. The lowest BCUT2D eigenvalue weighted by molar-refractivity contribution is -0.359. The number of amides is 1. The minimum absolute atomic E-state index is 0.237. The van der Waals surface area contributed by atoms with E-state index in [1.54, 1.807) is 6.08 Å². The average molecular weight is 1000 g/mol. The fourth-order valence-electron chi connectivity index (χ4n) is 9.76. The van der Waals surface area contributed by atoms with E-state index in [0.29, 0.717) is 6.42 Å². The molecular formula is C56H107NO13. The van der Waals surface area contributed by atoms with Gasteiger partial charge in [0.05, 0.1) is 32.0 Å². The largest absolute Gasteiger partial charge is 0.394 e. The van der Waals surface area contributed by atoms with Crippen molar-refractivity contribution in [3.8, 4) is 0 Å². The third-order valence-electron chi connectivity index (χ3n) is 14.5. The standard InChI is InChI=1S/C56H107NO13/c1-3-5-7-9-11-13-15-17-18-19-20-21-22-23-24-25-26-27-28-29-31-33-35-37-39-45(60)44(57-48(61)40-38-36-34-32-30-16-14-12-10-8-6-4-2)43-67-55-53(66)51(64)54(47(42-59)69-55)70-56-52(65)50(63)49(62)46(41-58)68-56/h37,39,44-47,49-56,58-60,62-66H,3-36,38,40-43H2,1-2H3,(H,57,61)/b39-37+. The van der Waals surface area contributed by atoms with Crippen LogP contribution in [0.25, 0.3) is 0 Å². The summed E-state index contributed by atoms with van der Waals surface area (Å²) in [5.74, 6) is -0.237. The molecule has 0 radical (unpaired) electrons. The molecule has 0 saturated carbocycles. The molecule has 12 atom stereocenters. The van der Waals surface area contributed by atoms with Gasteiger partial charge in [-0.1, -0.05) is 231 Å². The molecule has 0 aromatic heterocycles. The molecule has 2 aliphatic rings. The Hall–Kier alpha value is -1.27. The maximum Gasteiger partial charge on any atom is 0.220 e. The Morgan fingerprint density at radius 2 is 0.886 bits per heavy atom. The lowest BCUT2D eigenvalue weighted by Crippen LogP contribution is -2.65. The second-order valence-electron chi connectivity index (χ2n) is 20.8. The van der Waals surface area contributed by atoms with E-state index in [2.05, 4.69) is 19.2 Å². The number of carbonyl (C=O) groups is 1. The zero-order valence-electron chi connectivity index (χ0n) is 44.3. The fraction of sp³-hybridized carbons (Fsp3) is 0.946. The van der Waals surface area contributed by atoms with E-state index >= 15 is 0 Å². The van der Waals surface area contributed by atoms with Crippen LogP contribution in [0.15, 0.2) is 12.2 Å². The SMILES string of the molecule is CCCCCCCCCCCCCCCCCCCCCCCC/C=C/C(O)C(COC1OC(CO)C(OC2OC(CO)C(O)C(O)C2O)C(O)C1O)NC(=O)CCCCCCCCCCCCCC. The number of nitrogens with one attached hydrogen (secondary N) is 1. The van der Waals surface area contributed by atoms with Crippen molar-refractivity contribution in [1.82, 2.24) is 5.32 Å². The first-order chi connectivity index (χ1) is 34.1. The average Bonchev–Trinajstić information content (AvgIpc) is 3.36. The number of ether oxygens (including phenoxy) is 4. The number of carbonyl (C=O) groups excluding carboxylic acids is 1. The number of aliphatic hydroxyl groups excluding tert-OH is 8. The van der Waals surface area contributed by atoms with Gasteiger partial charge >= 0.3 is 0 Å². The first-order valence-electron chi connectivity index (χ1n) is 28.9. The van der Waals surface area contributed by atoms with Gasteiger partial charge in [-0.25, -0.2) is 0 Å². The van der Waals surface area contributed by atoms with Crippen molar-refractivity contribution in [1.29, 1.82) is 0 Å². The number of rotatable bonds is 46. The molecule has 14 nitrogen and oxygen atoms in total. The van der Waals surface area contributed by atoms with Crippen molar-refractivity contribution in [3.05, 3.63) is 12.2 Å². The van der Waals surface area contributed by atoms with Crippen molar-refractivity contribution >= 4 is 5.91 Å². The number of allylic oxidation sites excluding steroid dienone is 1. The highest BCUT2D eigenvalue weighted by atomic mass is 16.7. The summed E-state index contributed by atoms with van der Waals surface area (Å²) in [6.45, 7) is 2.81. The quantitative estimate of drug-likeness (QED) is 0.0205. The summed E-state index contributed by atoms with van der Waals surface area (Å²) in [6, 6.07) is -0.908. The van der Waals surface area contributed by atoms with Crippen LogP contribution in [-0.4, -0.2) is 140 Å². The van der Waals surface area contributed by atoms with Gasteiger partial charge in [-0.2, -0.15) is 0 Å². The highest BCUT2D eigenvalue weighted by Crippen LogP contribution is 2.30. The van der Waals surface area contributed by atoms with Gasteiger partial charge in [0.15, 0.2) is 12.6 Å². The van der Waals surface area contributed by atoms with Crippen LogP contribution in [-0.2, 0) is 23.7 Å². The molecule has 0 bridgehead atoms. The number of hydrogen-bond donors (Lipinski definition) is 9. The minimum atomic E-state index is -1.78. The van der Waals surface area contributed by atoms with Crippen LogP contribution in [0.4, 0.5) is 0 Å². The van der Waals surface area contributed by atoms with E-state index in [1.165, 1.54) is 180 Å².